The molecule has 5 aliphatic rings. The SMILES string of the molecule is CC(=O)N1C[C@H]2C[C@@H](C1)[C@H](C(=O)N1C[C@@H]3[C@H](C1)[C@@H]1CC[C@H]3N1)n1c2cccc1=O. The number of piperidine rings is 1. The fourth-order valence-electron chi connectivity index (χ4n) is 7.06. The number of aromatic nitrogens is 1. The molecular weight excluding hydrogens is 368 g/mol. The molecule has 0 aromatic carbocycles. The molecule has 29 heavy (non-hydrogen) atoms. The highest BCUT2D eigenvalue weighted by molar-refractivity contribution is 5.82. The molecule has 6 rings (SSSR count). The molecule has 7 nitrogen and oxygen atoms in total. The van der Waals surface area contributed by atoms with E-state index in [2.05, 4.69) is 5.32 Å². The number of likely N-dealkylation sites (tertiary alicyclic amines) is 2. The van der Waals surface area contributed by atoms with Crippen molar-refractivity contribution in [3.63, 3.8) is 0 Å². The van der Waals surface area contributed by atoms with Crippen LogP contribution in [-0.2, 0) is 9.59 Å². The molecule has 7 atom stereocenters. The maximum absolute atomic E-state index is 13.8. The molecule has 4 saturated heterocycles. The van der Waals surface area contributed by atoms with Gasteiger partial charge in [0.15, 0.2) is 0 Å². The molecule has 0 radical (unpaired) electrons. The number of fused-ring (bicyclic) bond motifs is 9. The maximum atomic E-state index is 13.8. The molecule has 4 bridgehead atoms. The van der Waals surface area contributed by atoms with Gasteiger partial charge in [0.1, 0.15) is 6.04 Å². The normalized spacial score (nSPS) is 39.4. The summed E-state index contributed by atoms with van der Waals surface area (Å²) in [6, 6.07) is 5.94. The quantitative estimate of drug-likeness (QED) is 0.753. The Balaban J connectivity index is 1.36. The molecule has 0 unspecified atom stereocenters. The molecule has 5 aliphatic heterocycles. The van der Waals surface area contributed by atoms with Crippen molar-refractivity contribution in [3.05, 3.63) is 34.2 Å². The molecule has 1 N–H and O–H groups in total. The summed E-state index contributed by atoms with van der Waals surface area (Å²) in [7, 11) is 0. The van der Waals surface area contributed by atoms with Crippen LogP contribution in [0.1, 0.15) is 43.8 Å². The molecule has 1 aromatic heterocycles. The van der Waals surface area contributed by atoms with E-state index in [1.165, 1.54) is 12.8 Å². The van der Waals surface area contributed by atoms with Crippen molar-refractivity contribution >= 4 is 11.8 Å². The van der Waals surface area contributed by atoms with Crippen molar-refractivity contribution < 1.29 is 9.59 Å². The van der Waals surface area contributed by atoms with Crippen molar-refractivity contribution in [1.82, 2.24) is 19.7 Å². The number of pyridine rings is 1. The summed E-state index contributed by atoms with van der Waals surface area (Å²) in [4.78, 5) is 42.7. The Labute approximate surface area is 170 Å². The molecule has 7 heteroatoms. The summed E-state index contributed by atoms with van der Waals surface area (Å²) in [6.07, 6.45) is 3.31. The zero-order valence-electron chi connectivity index (χ0n) is 16.8. The number of carbonyl (C=O) groups is 2. The van der Waals surface area contributed by atoms with Gasteiger partial charge in [-0.3, -0.25) is 19.0 Å². The summed E-state index contributed by atoms with van der Waals surface area (Å²) >= 11 is 0. The Morgan fingerprint density at radius 2 is 1.72 bits per heavy atom. The zero-order valence-corrected chi connectivity index (χ0v) is 16.8. The largest absolute Gasteiger partial charge is 0.342 e. The Bertz CT molecular complexity index is 924. The number of hydrogen-bond acceptors (Lipinski definition) is 4. The van der Waals surface area contributed by atoms with Gasteiger partial charge in [-0.2, -0.15) is 0 Å². The highest BCUT2D eigenvalue weighted by Crippen LogP contribution is 2.46. The maximum Gasteiger partial charge on any atom is 0.251 e. The summed E-state index contributed by atoms with van der Waals surface area (Å²) < 4.78 is 1.76. The molecule has 1 aromatic rings. The predicted molar refractivity (Wildman–Crippen MR) is 106 cm³/mol. The summed E-state index contributed by atoms with van der Waals surface area (Å²) in [6.45, 7) is 4.41. The number of rotatable bonds is 1. The molecule has 154 valence electrons. The van der Waals surface area contributed by atoms with E-state index in [0.717, 1.165) is 25.2 Å². The van der Waals surface area contributed by atoms with Gasteiger partial charge in [0, 0.05) is 68.8 Å². The van der Waals surface area contributed by atoms with Crippen LogP contribution in [0.3, 0.4) is 0 Å². The number of hydrogen-bond donors (Lipinski definition) is 1. The lowest BCUT2D eigenvalue weighted by Crippen LogP contribution is -2.54. The second-order valence-electron chi connectivity index (χ2n) is 9.75. The van der Waals surface area contributed by atoms with E-state index >= 15 is 0 Å². The Hall–Kier alpha value is -2.15. The number of amides is 2. The van der Waals surface area contributed by atoms with Crippen LogP contribution >= 0.6 is 0 Å². The molecule has 0 spiro atoms. The van der Waals surface area contributed by atoms with Crippen molar-refractivity contribution in [2.75, 3.05) is 26.2 Å². The van der Waals surface area contributed by atoms with Gasteiger partial charge < -0.3 is 15.1 Å². The fraction of sp³-hybridized carbons (Fsp3) is 0.682. The van der Waals surface area contributed by atoms with Crippen LogP contribution in [0.5, 0.6) is 0 Å². The summed E-state index contributed by atoms with van der Waals surface area (Å²) in [5, 5.41) is 3.71. The van der Waals surface area contributed by atoms with E-state index in [-0.39, 0.29) is 29.2 Å². The van der Waals surface area contributed by atoms with Crippen molar-refractivity contribution in [2.24, 2.45) is 17.8 Å². The average molecular weight is 396 g/mol. The van der Waals surface area contributed by atoms with Crippen LogP contribution in [0, 0.1) is 17.8 Å². The summed E-state index contributed by atoms with van der Waals surface area (Å²) in [5.74, 6) is 1.39. The lowest BCUT2D eigenvalue weighted by Gasteiger charge is -2.46. The van der Waals surface area contributed by atoms with Gasteiger partial charge in [-0.15, -0.1) is 0 Å². The lowest BCUT2D eigenvalue weighted by molar-refractivity contribution is -0.141. The van der Waals surface area contributed by atoms with Gasteiger partial charge in [0.05, 0.1) is 0 Å². The van der Waals surface area contributed by atoms with Crippen molar-refractivity contribution in [2.45, 2.75) is 50.2 Å². The molecule has 0 aliphatic carbocycles. The van der Waals surface area contributed by atoms with Crippen LogP contribution in [0.4, 0.5) is 0 Å². The first-order valence-electron chi connectivity index (χ1n) is 11.0. The molecule has 4 fully saturated rings. The topological polar surface area (TPSA) is 74.7 Å². The van der Waals surface area contributed by atoms with Gasteiger partial charge in [0.2, 0.25) is 11.8 Å². The molecule has 6 heterocycles. The van der Waals surface area contributed by atoms with Crippen LogP contribution < -0.4 is 10.9 Å². The van der Waals surface area contributed by atoms with Crippen LogP contribution in [0.2, 0.25) is 0 Å². The van der Waals surface area contributed by atoms with Crippen molar-refractivity contribution in [1.29, 1.82) is 0 Å². The third-order valence-corrected chi connectivity index (χ3v) is 8.32. The predicted octanol–water partition coefficient (Wildman–Crippen LogP) is 0.564. The minimum Gasteiger partial charge on any atom is -0.342 e. The van der Waals surface area contributed by atoms with Crippen LogP contribution in [0.15, 0.2) is 23.0 Å². The van der Waals surface area contributed by atoms with E-state index in [9.17, 15) is 14.4 Å². The molecule has 0 saturated carbocycles. The van der Waals surface area contributed by atoms with E-state index in [1.807, 2.05) is 15.9 Å². The fourth-order valence-corrected chi connectivity index (χ4v) is 7.06. The Kier molecular flexibility index (Phi) is 3.77. The first kappa shape index (κ1) is 17.7. The number of carbonyl (C=O) groups excluding carboxylic acids is 2. The number of nitrogens with one attached hydrogen (secondary N) is 1. The second-order valence-corrected chi connectivity index (χ2v) is 9.75. The Morgan fingerprint density at radius 3 is 2.41 bits per heavy atom. The van der Waals surface area contributed by atoms with Crippen LogP contribution in [-0.4, -0.2) is 64.4 Å². The first-order chi connectivity index (χ1) is 14.0. The van der Waals surface area contributed by atoms with E-state index in [4.69, 9.17) is 0 Å². The third kappa shape index (κ3) is 2.49. The highest BCUT2D eigenvalue weighted by atomic mass is 16.2. The summed E-state index contributed by atoms with van der Waals surface area (Å²) in [5.41, 5.74) is 0.826. The van der Waals surface area contributed by atoms with E-state index < -0.39 is 6.04 Å². The minimum atomic E-state index is -0.485. The van der Waals surface area contributed by atoms with E-state index in [0.29, 0.717) is 37.0 Å². The van der Waals surface area contributed by atoms with Gasteiger partial charge in [-0.25, -0.2) is 0 Å². The average Bonchev–Trinajstić information content (AvgIpc) is 3.42. The highest BCUT2D eigenvalue weighted by Gasteiger charge is 2.54. The lowest BCUT2D eigenvalue weighted by atomic mass is 9.78. The standard InChI is InChI=1S/C22H28N4O3/c1-12(27)24-8-13-7-14(9-24)21(26-19(13)3-2-4-20(26)28)22(29)25-10-15-16(11-25)18-6-5-17(15)23-18/h2-4,13-18,21,23H,5-11H2,1H3/t13-,14+,15-,16+,17-,18+,21-/m1/s1. The van der Waals surface area contributed by atoms with Gasteiger partial charge in [0.25, 0.3) is 5.56 Å². The minimum absolute atomic E-state index is 0.00744. The van der Waals surface area contributed by atoms with Crippen LogP contribution in [0.25, 0.3) is 0 Å². The Morgan fingerprint density at radius 1 is 1.00 bits per heavy atom. The first-order valence-corrected chi connectivity index (χ1v) is 11.0. The zero-order chi connectivity index (χ0) is 19.9. The van der Waals surface area contributed by atoms with Crippen molar-refractivity contribution in [3.8, 4) is 0 Å². The monoisotopic (exact) mass is 396 g/mol. The number of nitrogens with zero attached hydrogens (tertiary/aromatic N) is 3. The smallest absolute Gasteiger partial charge is 0.251 e. The van der Waals surface area contributed by atoms with Gasteiger partial charge in [-0.1, -0.05) is 6.07 Å². The molecular formula is C22H28N4O3. The molecule has 2 amide bonds. The van der Waals surface area contributed by atoms with E-state index in [1.54, 1.807) is 23.6 Å². The third-order valence-electron chi connectivity index (χ3n) is 8.32. The van der Waals surface area contributed by atoms with Gasteiger partial charge in [-0.05, 0) is 37.2 Å². The second kappa shape index (κ2) is 6.17. The van der Waals surface area contributed by atoms with Gasteiger partial charge >= 0.3 is 0 Å².